The molecule has 0 spiro atoms. The highest BCUT2D eigenvalue weighted by atomic mass is 16.5. The van der Waals surface area contributed by atoms with E-state index in [1.807, 2.05) is 19.1 Å². The van der Waals surface area contributed by atoms with Crippen LogP contribution < -0.4 is 10.6 Å². The van der Waals surface area contributed by atoms with Gasteiger partial charge in [0.1, 0.15) is 6.04 Å². The number of anilines is 1. The molecule has 1 fully saturated rings. The number of nitrogens with zero attached hydrogens (tertiary/aromatic N) is 1. The third-order valence-corrected chi connectivity index (χ3v) is 4.17. The molecule has 2 rings (SSSR count). The molecule has 7 nitrogen and oxygen atoms in total. The predicted molar refractivity (Wildman–Crippen MR) is 95.7 cm³/mol. The Morgan fingerprint density at radius 2 is 1.92 bits per heavy atom. The summed E-state index contributed by atoms with van der Waals surface area (Å²) in [5, 5.41) is 15.0. The number of morpholine rings is 1. The van der Waals surface area contributed by atoms with E-state index in [0.29, 0.717) is 12.2 Å². The van der Waals surface area contributed by atoms with Crippen molar-refractivity contribution in [2.24, 2.45) is 0 Å². The quantitative estimate of drug-likeness (QED) is 0.578. The number of benzene rings is 1. The highest BCUT2D eigenvalue weighted by molar-refractivity contribution is 5.94. The normalized spacial score (nSPS) is 16.4. The van der Waals surface area contributed by atoms with Crippen LogP contribution in [0, 0.1) is 6.92 Å². The van der Waals surface area contributed by atoms with Crippen molar-refractivity contribution in [2.45, 2.75) is 25.8 Å². The van der Waals surface area contributed by atoms with Crippen LogP contribution in [0.25, 0.3) is 0 Å². The van der Waals surface area contributed by atoms with Gasteiger partial charge in [-0.15, -0.1) is 0 Å². The number of carboxylic acids is 1. The number of rotatable bonds is 9. The molecule has 0 aliphatic carbocycles. The van der Waals surface area contributed by atoms with Crippen molar-refractivity contribution in [3.05, 3.63) is 29.8 Å². The Morgan fingerprint density at radius 1 is 1.24 bits per heavy atom. The van der Waals surface area contributed by atoms with Crippen molar-refractivity contribution >= 4 is 17.6 Å². The summed E-state index contributed by atoms with van der Waals surface area (Å²) in [6.07, 6.45) is 0.740. The Balaban J connectivity index is 1.70. The molecule has 1 saturated heterocycles. The maximum atomic E-state index is 12.1. The molecule has 1 heterocycles. The van der Waals surface area contributed by atoms with E-state index in [1.54, 1.807) is 12.1 Å². The van der Waals surface area contributed by atoms with Crippen LogP contribution in [-0.2, 0) is 14.3 Å². The van der Waals surface area contributed by atoms with Crippen molar-refractivity contribution in [1.29, 1.82) is 0 Å². The molecule has 3 N–H and O–H groups in total. The molecule has 25 heavy (non-hydrogen) atoms. The van der Waals surface area contributed by atoms with Crippen LogP contribution in [0.5, 0.6) is 0 Å². The largest absolute Gasteiger partial charge is 0.480 e. The van der Waals surface area contributed by atoms with Crippen LogP contribution in [0.2, 0.25) is 0 Å². The highest BCUT2D eigenvalue weighted by Crippen LogP contribution is 2.09. The van der Waals surface area contributed by atoms with Crippen LogP contribution in [0.4, 0.5) is 5.69 Å². The van der Waals surface area contributed by atoms with Crippen LogP contribution in [0.15, 0.2) is 24.3 Å². The molecular weight excluding hydrogens is 322 g/mol. The van der Waals surface area contributed by atoms with E-state index < -0.39 is 12.0 Å². The summed E-state index contributed by atoms with van der Waals surface area (Å²) in [5.74, 6) is -1.32. The summed E-state index contributed by atoms with van der Waals surface area (Å²) in [5.41, 5.74) is 1.77. The number of amides is 1. The van der Waals surface area contributed by atoms with E-state index in [4.69, 9.17) is 4.74 Å². The van der Waals surface area contributed by atoms with Crippen molar-refractivity contribution in [3.63, 3.8) is 0 Å². The molecule has 0 saturated carbocycles. The summed E-state index contributed by atoms with van der Waals surface area (Å²) in [6, 6.07) is 6.52. The lowest BCUT2D eigenvalue weighted by Gasteiger charge is -2.26. The first-order chi connectivity index (χ1) is 12.0. The van der Waals surface area contributed by atoms with Gasteiger partial charge in [0.25, 0.3) is 0 Å². The zero-order valence-corrected chi connectivity index (χ0v) is 14.7. The minimum absolute atomic E-state index is 0.0965. The summed E-state index contributed by atoms with van der Waals surface area (Å²) in [4.78, 5) is 25.7. The average Bonchev–Trinajstić information content (AvgIpc) is 2.60. The number of aryl methyl sites for hydroxylation is 1. The Morgan fingerprint density at radius 3 is 2.56 bits per heavy atom. The Hall–Kier alpha value is -1.96. The zero-order chi connectivity index (χ0) is 18.1. The first-order valence-electron chi connectivity index (χ1n) is 8.67. The topological polar surface area (TPSA) is 90.9 Å². The molecule has 1 aliphatic rings. The second-order valence-electron chi connectivity index (χ2n) is 6.27. The van der Waals surface area contributed by atoms with E-state index in [2.05, 4.69) is 15.5 Å². The Kier molecular flexibility index (Phi) is 7.84. The van der Waals surface area contributed by atoms with Gasteiger partial charge < -0.3 is 20.5 Å². The fourth-order valence-corrected chi connectivity index (χ4v) is 2.68. The van der Waals surface area contributed by atoms with Crippen LogP contribution in [0.1, 0.15) is 18.4 Å². The van der Waals surface area contributed by atoms with Gasteiger partial charge in [-0.2, -0.15) is 0 Å². The molecule has 0 unspecified atom stereocenters. The fraction of sp³-hybridized carbons (Fsp3) is 0.556. The van der Waals surface area contributed by atoms with Gasteiger partial charge in [0.15, 0.2) is 0 Å². The monoisotopic (exact) mass is 349 g/mol. The summed E-state index contributed by atoms with van der Waals surface area (Å²) >= 11 is 0. The molecule has 138 valence electrons. The Labute approximate surface area is 148 Å². The third-order valence-electron chi connectivity index (χ3n) is 4.17. The van der Waals surface area contributed by atoms with E-state index in [1.165, 1.54) is 0 Å². The smallest absolute Gasteiger partial charge is 0.321 e. The molecule has 7 heteroatoms. The molecule has 1 atom stereocenters. The van der Waals surface area contributed by atoms with Gasteiger partial charge in [-0.3, -0.25) is 14.5 Å². The first kappa shape index (κ1) is 19.4. The van der Waals surface area contributed by atoms with Crippen LogP contribution in [-0.4, -0.2) is 67.3 Å². The second kappa shape index (κ2) is 10.1. The van der Waals surface area contributed by atoms with Gasteiger partial charge in [-0.05, 0) is 38.6 Å². The van der Waals surface area contributed by atoms with Gasteiger partial charge in [-0.1, -0.05) is 17.7 Å². The standard InChI is InChI=1S/C18H27N3O4/c1-14-3-5-15(6-4-14)20-17(22)13-16(18(23)24)19-7-2-8-21-9-11-25-12-10-21/h3-6,16,19H,2,7-13H2,1H3,(H,20,22)(H,23,24)/t16-/m0/s1. The van der Waals surface area contributed by atoms with Crippen LogP contribution >= 0.6 is 0 Å². The van der Waals surface area contributed by atoms with Crippen LogP contribution in [0.3, 0.4) is 0 Å². The van der Waals surface area contributed by atoms with Crippen molar-refractivity contribution in [1.82, 2.24) is 10.2 Å². The molecule has 0 bridgehead atoms. The molecule has 1 aromatic rings. The van der Waals surface area contributed by atoms with Crippen molar-refractivity contribution in [2.75, 3.05) is 44.7 Å². The summed E-state index contributed by atoms with van der Waals surface area (Å²) in [7, 11) is 0. The summed E-state index contributed by atoms with van der Waals surface area (Å²) in [6.45, 7) is 6.77. The average molecular weight is 349 g/mol. The number of hydrogen-bond donors (Lipinski definition) is 3. The van der Waals surface area contributed by atoms with Gasteiger partial charge in [0.2, 0.25) is 5.91 Å². The molecule has 1 aromatic carbocycles. The lowest BCUT2D eigenvalue weighted by molar-refractivity contribution is -0.141. The van der Waals surface area contributed by atoms with Crippen molar-refractivity contribution < 1.29 is 19.4 Å². The number of carboxylic acid groups (broad SMARTS) is 1. The van der Waals surface area contributed by atoms with Gasteiger partial charge >= 0.3 is 5.97 Å². The van der Waals surface area contributed by atoms with E-state index in [-0.39, 0.29) is 12.3 Å². The number of nitrogens with one attached hydrogen (secondary N) is 2. The number of carbonyl (C=O) groups excluding carboxylic acids is 1. The molecule has 0 radical (unpaired) electrons. The zero-order valence-electron chi connectivity index (χ0n) is 14.7. The molecule has 1 aliphatic heterocycles. The minimum Gasteiger partial charge on any atom is -0.480 e. The number of aliphatic carboxylic acids is 1. The lowest BCUT2D eigenvalue weighted by Crippen LogP contribution is -2.42. The predicted octanol–water partition coefficient (Wildman–Crippen LogP) is 1.09. The SMILES string of the molecule is Cc1ccc(NC(=O)C[C@H](NCCCN2CCOCC2)C(=O)O)cc1. The van der Waals surface area contributed by atoms with E-state index in [0.717, 1.165) is 44.8 Å². The highest BCUT2D eigenvalue weighted by Gasteiger charge is 2.20. The fourth-order valence-electron chi connectivity index (χ4n) is 2.68. The van der Waals surface area contributed by atoms with E-state index in [9.17, 15) is 14.7 Å². The Bertz CT molecular complexity index is 556. The first-order valence-corrected chi connectivity index (χ1v) is 8.67. The number of hydrogen-bond acceptors (Lipinski definition) is 5. The second-order valence-corrected chi connectivity index (χ2v) is 6.27. The minimum atomic E-state index is -1.01. The van der Waals surface area contributed by atoms with Crippen molar-refractivity contribution in [3.8, 4) is 0 Å². The summed E-state index contributed by atoms with van der Waals surface area (Å²) < 4.78 is 5.30. The molecular formula is C18H27N3O4. The molecule has 1 amide bonds. The lowest BCUT2D eigenvalue weighted by atomic mass is 10.1. The van der Waals surface area contributed by atoms with Gasteiger partial charge in [-0.25, -0.2) is 0 Å². The van der Waals surface area contributed by atoms with Gasteiger partial charge in [0, 0.05) is 18.8 Å². The number of ether oxygens (including phenoxy) is 1. The third kappa shape index (κ3) is 7.21. The van der Waals surface area contributed by atoms with Gasteiger partial charge in [0.05, 0.1) is 19.6 Å². The van der Waals surface area contributed by atoms with E-state index >= 15 is 0 Å². The maximum Gasteiger partial charge on any atom is 0.321 e. The maximum absolute atomic E-state index is 12.1. The molecule has 0 aromatic heterocycles. The number of carbonyl (C=O) groups is 2.